The zero-order valence-electron chi connectivity index (χ0n) is 15.0. The molecule has 2 aromatic carbocycles. The van der Waals surface area contributed by atoms with Crippen molar-refractivity contribution in [3.8, 4) is 0 Å². The van der Waals surface area contributed by atoms with Crippen LogP contribution in [0.5, 0.6) is 0 Å². The van der Waals surface area contributed by atoms with Gasteiger partial charge in [-0.1, -0.05) is 55.3 Å². The number of rotatable bonds is 4. The molecule has 0 N–H and O–H groups in total. The first-order chi connectivity index (χ1) is 11.6. The summed E-state index contributed by atoms with van der Waals surface area (Å²) in [4.78, 5) is 17.2. The quantitative estimate of drug-likeness (QED) is 0.856. The van der Waals surface area contributed by atoms with Crippen LogP contribution in [0.15, 0.2) is 42.5 Å². The third-order valence-corrected chi connectivity index (χ3v) is 5.47. The van der Waals surface area contributed by atoms with E-state index in [1.807, 2.05) is 30.1 Å². The molecule has 24 heavy (non-hydrogen) atoms. The Morgan fingerprint density at radius 1 is 0.958 bits per heavy atom. The SMILES string of the molecule is CN(C)C1CCCCC1N(C)C(=O)Cc1cccc2ccccc12. The van der Waals surface area contributed by atoms with Crippen LogP contribution in [0, 0.1) is 0 Å². The van der Waals surface area contributed by atoms with Crippen LogP contribution in [0.2, 0.25) is 0 Å². The number of benzene rings is 2. The molecule has 0 aromatic heterocycles. The van der Waals surface area contributed by atoms with Crippen LogP contribution in [-0.2, 0) is 11.2 Å². The maximum Gasteiger partial charge on any atom is 0.227 e. The van der Waals surface area contributed by atoms with Crippen LogP contribution < -0.4 is 0 Å². The highest BCUT2D eigenvalue weighted by molar-refractivity contribution is 5.90. The molecule has 2 unspecified atom stereocenters. The highest BCUT2D eigenvalue weighted by atomic mass is 16.2. The number of fused-ring (bicyclic) bond motifs is 1. The molecular weight excluding hydrogens is 296 g/mol. The van der Waals surface area contributed by atoms with Crippen molar-refractivity contribution in [2.45, 2.75) is 44.2 Å². The van der Waals surface area contributed by atoms with Crippen molar-refractivity contribution >= 4 is 16.7 Å². The topological polar surface area (TPSA) is 23.6 Å². The molecule has 1 aliphatic rings. The highest BCUT2D eigenvalue weighted by Crippen LogP contribution is 2.26. The van der Waals surface area contributed by atoms with Crippen LogP contribution in [-0.4, -0.2) is 48.9 Å². The van der Waals surface area contributed by atoms with Gasteiger partial charge >= 0.3 is 0 Å². The molecule has 0 aliphatic heterocycles. The van der Waals surface area contributed by atoms with Crippen molar-refractivity contribution < 1.29 is 4.79 Å². The maximum absolute atomic E-state index is 12.9. The zero-order chi connectivity index (χ0) is 17.1. The van der Waals surface area contributed by atoms with E-state index >= 15 is 0 Å². The van der Waals surface area contributed by atoms with Gasteiger partial charge in [0, 0.05) is 19.1 Å². The summed E-state index contributed by atoms with van der Waals surface area (Å²) >= 11 is 0. The maximum atomic E-state index is 12.9. The molecule has 1 saturated carbocycles. The predicted molar refractivity (Wildman–Crippen MR) is 100 cm³/mol. The Hall–Kier alpha value is -1.87. The van der Waals surface area contributed by atoms with E-state index in [-0.39, 0.29) is 5.91 Å². The molecule has 2 aromatic rings. The average Bonchev–Trinajstić information content (AvgIpc) is 2.61. The molecule has 0 radical (unpaired) electrons. The summed E-state index contributed by atoms with van der Waals surface area (Å²) in [6, 6.07) is 15.4. The second kappa shape index (κ2) is 7.35. The number of likely N-dealkylation sites (N-methyl/N-ethyl adjacent to an activating group) is 2. The summed E-state index contributed by atoms with van der Waals surface area (Å²) in [5.41, 5.74) is 1.13. The first-order valence-corrected chi connectivity index (χ1v) is 8.96. The average molecular weight is 324 g/mol. The fourth-order valence-electron chi connectivity index (χ4n) is 4.07. The first-order valence-electron chi connectivity index (χ1n) is 8.96. The molecule has 0 spiro atoms. The summed E-state index contributed by atoms with van der Waals surface area (Å²) < 4.78 is 0. The summed E-state index contributed by atoms with van der Waals surface area (Å²) in [5, 5.41) is 2.39. The minimum atomic E-state index is 0.227. The molecule has 1 aliphatic carbocycles. The Kier molecular flexibility index (Phi) is 5.20. The molecule has 3 heteroatoms. The summed E-state index contributed by atoms with van der Waals surface area (Å²) in [7, 11) is 6.25. The van der Waals surface area contributed by atoms with Crippen molar-refractivity contribution in [3.05, 3.63) is 48.0 Å². The highest BCUT2D eigenvalue weighted by Gasteiger charge is 2.31. The smallest absolute Gasteiger partial charge is 0.227 e. The van der Waals surface area contributed by atoms with E-state index < -0.39 is 0 Å². The minimum Gasteiger partial charge on any atom is -0.341 e. The van der Waals surface area contributed by atoms with Crippen molar-refractivity contribution in [3.63, 3.8) is 0 Å². The van der Waals surface area contributed by atoms with Gasteiger partial charge in [0.15, 0.2) is 0 Å². The second-order valence-electron chi connectivity index (χ2n) is 7.20. The molecule has 3 rings (SSSR count). The van der Waals surface area contributed by atoms with E-state index in [1.54, 1.807) is 0 Å². The lowest BCUT2D eigenvalue weighted by molar-refractivity contribution is -0.133. The molecule has 1 fully saturated rings. The van der Waals surface area contributed by atoms with E-state index in [0.717, 1.165) is 12.0 Å². The van der Waals surface area contributed by atoms with Gasteiger partial charge in [0.2, 0.25) is 5.91 Å². The van der Waals surface area contributed by atoms with E-state index in [1.165, 1.54) is 30.0 Å². The van der Waals surface area contributed by atoms with Crippen molar-refractivity contribution in [2.24, 2.45) is 0 Å². The number of carbonyl (C=O) groups excluding carboxylic acids is 1. The molecule has 0 saturated heterocycles. The van der Waals surface area contributed by atoms with Crippen LogP contribution in [0.4, 0.5) is 0 Å². The van der Waals surface area contributed by atoms with Crippen molar-refractivity contribution in [1.82, 2.24) is 9.80 Å². The largest absolute Gasteiger partial charge is 0.341 e. The molecule has 1 amide bonds. The first kappa shape index (κ1) is 17.0. The Bertz CT molecular complexity index is 705. The van der Waals surface area contributed by atoms with Gasteiger partial charge in [-0.25, -0.2) is 0 Å². The van der Waals surface area contributed by atoms with E-state index in [0.29, 0.717) is 18.5 Å². The van der Waals surface area contributed by atoms with E-state index in [4.69, 9.17) is 0 Å². The van der Waals surface area contributed by atoms with Crippen LogP contribution in [0.3, 0.4) is 0 Å². The zero-order valence-corrected chi connectivity index (χ0v) is 15.0. The Morgan fingerprint density at radius 3 is 2.38 bits per heavy atom. The molecule has 2 atom stereocenters. The van der Waals surface area contributed by atoms with Crippen LogP contribution >= 0.6 is 0 Å². The van der Waals surface area contributed by atoms with Gasteiger partial charge in [0.05, 0.1) is 6.42 Å². The lowest BCUT2D eigenvalue weighted by Crippen LogP contribution is -2.52. The number of nitrogens with zero attached hydrogens (tertiary/aromatic N) is 2. The number of amides is 1. The third kappa shape index (κ3) is 3.46. The summed E-state index contributed by atoms with van der Waals surface area (Å²) in [6.07, 6.45) is 5.27. The van der Waals surface area contributed by atoms with Gasteiger partial charge < -0.3 is 9.80 Å². The molecule has 3 nitrogen and oxygen atoms in total. The monoisotopic (exact) mass is 324 g/mol. The van der Waals surface area contributed by atoms with Gasteiger partial charge in [0.1, 0.15) is 0 Å². The number of carbonyl (C=O) groups is 1. The molecule has 0 heterocycles. The van der Waals surface area contributed by atoms with Gasteiger partial charge in [-0.2, -0.15) is 0 Å². The standard InChI is InChI=1S/C21H28N2O/c1-22(2)19-13-6-7-14-20(19)23(3)21(24)15-17-11-8-10-16-9-4-5-12-18(16)17/h4-5,8-12,19-20H,6-7,13-15H2,1-3H3. The van der Waals surface area contributed by atoms with E-state index in [2.05, 4.69) is 43.3 Å². The van der Waals surface area contributed by atoms with Crippen LogP contribution in [0.25, 0.3) is 10.8 Å². The fourth-order valence-corrected chi connectivity index (χ4v) is 4.07. The molecular formula is C21H28N2O. The van der Waals surface area contributed by atoms with Crippen LogP contribution in [0.1, 0.15) is 31.2 Å². The second-order valence-corrected chi connectivity index (χ2v) is 7.20. The number of hydrogen-bond donors (Lipinski definition) is 0. The van der Waals surface area contributed by atoms with Crippen molar-refractivity contribution in [1.29, 1.82) is 0 Å². The normalized spacial score (nSPS) is 21.2. The molecule has 128 valence electrons. The Morgan fingerprint density at radius 2 is 1.62 bits per heavy atom. The third-order valence-electron chi connectivity index (χ3n) is 5.47. The Balaban J connectivity index is 1.78. The lowest BCUT2D eigenvalue weighted by atomic mass is 9.88. The van der Waals surface area contributed by atoms with Gasteiger partial charge in [0.25, 0.3) is 0 Å². The van der Waals surface area contributed by atoms with Gasteiger partial charge in [-0.05, 0) is 43.3 Å². The lowest BCUT2D eigenvalue weighted by Gasteiger charge is -2.41. The molecule has 0 bridgehead atoms. The summed E-state index contributed by atoms with van der Waals surface area (Å²) in [5.74, 6) is 0.227. The van der Waals surface area contributed by atoms with Gasteiger partial charge in [-0.15, -0.1) is 0 Å². The van der Waals surface area contributed by atoms with Gasteiger partial charge in [-0.3, -0.25) is 4.79 Å². The minimum absolute atomic E-state index is 0.227. The summed E-state index contributed by atoms with van der Waals surface area (Å²) in [6.45, 7) is 0. The van der Waals surface area contributed by atoms with Crippen molar-refractivity contribution in [2.75, 3.05) is 21.1 Å². The van der Waals surface area contributed by atoms with E-state index in [9.17, 15) is 4.79 Å². The predicted octanol–water partition coefficient (Wildman–Crippen LogP) is 3.71. The number of hydrogen-bond acceptors (Lipinski definition) is 2. The Labute approximate surface area is 145 Å². The fraction of sp³-hybridized carbons (Fsp3) is 0.476.